The smallest absolute Gasteiger partial charge is 0.330 e. The molecule has 21 heavy (non-hydrogen) atoms. The van der Waals surface area contributed by atoms with Crippen LogP contribution in [0.4, 0.5) is 0 Å². The lowest BCUT2D eigenvalue weighted by molar-refractivity contribution is -0.134. The van der Waals surface area contributed by atoms with Crippen LogP contribution in [0.3, 0.4) is 0 Å². The standard InChI is InChI=1S/C18H26O3/c1-17(2,3)13-10-12(8-9-15(19)21-7)16(20)14(11-13)18(4,5)6/h8-11,20H,1-7H3. The summed E-state index contributed by atoms with van der Waals surface area (Å²) in [6.07, 6.45) is 2.93. The Morgan fingerprint density at radius 2 is 1.67 bits per heavy atom. The van der Waals surface area contributed by atoms with E-state index in [0.717, 1.165) is 11.1 Å². The minimum absolute atomic E-state index is 0.0401. The summed E-state index contributed by atoms with van der Waals surface area (Å²) in [5, 5.41) is 10.5. The Labute approximate surface area is 127 Å². The van der Waals surface area contributed by atoms with Crippen molar-refractivity contribution in [3.63, 3.8) is 0 Å². The second-order valence-corrected chi connectivity index (χ2v) is 7.32. The molecule has 1 aromatic rings. The van der Waals surface area contributed by atoms with Gasteiger partial charge >= 0.3 is 5.97 Å². The maximum Gasteiger partial charge on any atom is 0.330 e. The maximum absolute atomic E-state index is 11.3. The zero-order chi connectivity index (χ0) is 16.4. The van der Waals surface area contributed by atoms with Gasteiger partial charge in [0.25, 0.3) is 0 Å². The highest BCUT2D eigenvalue weighted by atomic mass is 16.5. The monoisotopic (exact) mass is 290 g/mol. The summed E-state index contributed by atoms with van der Waals surface area (Å²) in [6.45, 7) is 12.5. The van der Waals surface area contributed by atoms with Crippen LogP contribution in [0.25, 0.3) is 6.08 Å². The first-order valence-corrected chi connectivity index (χ1v) is 7.11. The van der Waals surface area contributed by atoms with Gasteiger partial charge in [-0.05, 0) is 28.5 Å². The number of methoxy groups -OCH3 is 1. The number of ether oxygens (including phenoxy) is 1. The molecule has 0 amide bonds. The van der Waals surface area contributed by atoms with Gasteiger partial charge in [0.1, 0.15) is 5.75 Å². The summed E-state index contributed by atoms with van der Waals surface area (Å²) in [4.78, 5) is 11.3. The third-order valence-electron chi connectivity index (χ3n) is 3.41. The van der Waals surface area contributed by atoms with Crippen LogP contribution < -0.4 is 0 Å². The molecule has 0 aliphatic carbocycles. The second kappa shape index (κ2) is 5.92. The second-order valence-electron chi connectivity index (χ2n) is 7.32. The van der Waals surface area contributed by atoms with Gasteiger partial charge < -0.3 is 9.84 Å². The van der Waals surface area contributed by atoms with Crippen LogP contribution in [-0.2, 0) is 20.4 Å². The summed E-state index contributed by atoms with van der Waals surface area (Å²) < 4.78 is 4.60. The third-order valence-corrected chi connectivity index (χ3v) is 3.41. The summed E-state index contributed by atoms with van der Waals surface area (Å²) in [5.74, 6) is -0.219. The van der Waals surface area contributed by atoms with Gasteiger partial charge in [0.05, 0.1) is 7.11 Å². The first-order chi connectivity index (χ1) is 9.46. The van der Waals surface area contributed by atoms with E-state index in [9.17, 15) is 9.90 Å². The number of carbonyl (C=O) groups is 1. The predicted molar refractivity (Wildman–Crippen MR) is 86.6 cm³/mol. The third kappa shape index (κ3) is 4.35. The van der Waals surface area contributed by atoms with Gasteiger partial charge in [-0.25, -0.2) is 4.79 Å². The summed E-state index contributed by atoms with van der Waals surface area (Å²) in [6, 6.07) is 3.97. The fraction of sp³-hybridized carbons (Fsp3) is 0.500. The van der Waals surface area contributed by atoms with Gasteiger partial charge in [-0.2, -0.15) is 0 Å². The SMILES string of the molecule is COC(=O)C=Cc1cc(C(C)(C)C)cc(C(C)(C)C)c1O. The average Bonchev–Trinajstić information content (AvgIpc) is 2.34. The number of carbonyl (C=O) groups excluding carboxylic acids is 1. The largest absolute Gasteiger partial charge is 0.507 e. The van der Waals surface area contributed by atoms with Gasteiger partial charge in [-0.15, -0.1) is 0 Å². The Kier molecular flexibility index (Phi) is 4.87. The summed E-state index contributed by atoms with van der Waals surface area (Å²) >= 11 is 0. The molecule has 0 saturated carbocycles. The number of phenols is 1. The molecule has 0 fully saturated rings. The highest BCUT2D eigenvalue weighted by molar-refractivity contribution is 5.87. The molecule has 116 valence electrons. The topological polar surface area (TPSA) is 46.5 Å². The van der Waals surface area contributed by atoms with E-state index in [1.54, 1.807) is 6.08 Å². The quantitative estimate of drug-likeness (QED) is 0.656. The Hall–Kier alpha value is -1.77. The molecule has 0 aromatic heterocycles. The van der Waals surface area contributed by atoms with Crippen molar-refractivity contribution in [2.24, 2.45) is 0 Å². The Bertz CT molecular complexity index is 555. The molecule has 0 aliphatic heterocycles. The zero-order valence-electron chi connectivity index (χ0n) is 14.1. The molecule has 0 spiro atoms. The van der Waals surface area contributed by atoms with Crippen LogP contribution in [0.15, 0.2) is 18.2 Å². The van der Waals surface area contributed by atoms with Gasteiger partial charge in [0, 0.05) is 17.2 Å². The molecule has 0 saturated heterocycles. The summed E-state index contributed by atoms with van der Waals surface area (Å²) in [7, 11) is 1.33. The molecular weight excluding hydrogens is 264 g/mol. The minimum atomic E-state index is -0.437. The highest BCUT2D eigenvalue weighted by Crippen LogP contribution is 2.38. The van der Waals surface area contributed by atoms with Crippen molar-refractivity contribution >= 4 is 12.0 Å². The molecule has 0 bridgehead atoms. The molecule has 1 rings (SSSR count). The molecule has 3 heteroatoms. The van der Waals surface area contributed by atoms with Crippen molar-refractivity contribution in [3.8, 4) is 5.75 Å². The first kappa shape index (κ1) is 17.3. The van der Waals surface area contributed by atoms with E-state index in [0.29, 0.717) is 5.56 Å². The molecule has 0 heterocycles. The number of phenolic OH excluding ortho intramolecular Hbond substituents is 1. The molecule has 1 aromatic carbocycles. The lowest BCUT2D eigenvalue weighted by Gasteiger charge is -2.27. The van der Waals surface area contributed by atoms with Crippen molar-refractivity contribution in [2.45, 2.75) is 52.4 Å². The van der Waals surface area contributed by atoms with E-state index in [-0.39, 0.29) is 16.6 Å². The van der Waals surface area contributed by atoms with Crippen molar-refractivity contribution in [3.05, 3.63) is 34.9 Å². The molecule has 1 N–H and O–H groups in total. The van der Waals surface area contributed by atoms with Crippen LogP contribution in [0.5, 0.6) is 5.75 Å². The van der Waals surface area contributed by atoms with Crippen LogP contribution in [-0.4, -0.2) is 18.2 Å². The maximum atomic E-state index is 11.3. The summed E-state index contributed by atoms with van der Waals surface area (Å²) in [5.41, 5.74) is 2.41. The van der Waals surface area contributed by atoms with E-state index >= 15 is 0 Å². The first-order valence-electron chi connectivity index (χ1n) is 7.11. The van der Waals surface area contributed by atoms with Crippen LogP contribution in [0.1, 0.15) is 58.2 Å². The zero-order valence-corrected chi connectivity index (χ0v) is 14.1. The van der Waals surface area contributed by atoms with Crippen molar-refractivity contribution < 1.29 is 14.6 Å². The fourth-order valence-electron chi connectivity index (χ4n) is 2.01. The average molecular weight is 290 g/mol. The van der Waals surface area contributed by atoms with Crippen LogP contribution in [0.2, 0.25) is 0 Å². The molecule has 0 atom stereocenters. The van der Waals surface area contributed by atoms with Crippen LogP contribution >= 0.6 is 0 Å². The molecule has 3 nitrogen and oxygen atoms in total. The molecular formula is C18H26O3. The van der Waals surface area contributed by atoms with Gasteiger partial charge in [0.15, 0.2) is 0 Å². The number of hydrogen-bond acceptors (Lipinski definition) is 3. The normalized spacial score (nSPS) is 12.7. The molecule has 0 radical (unpaired) electrons. The van der Waals surface area contributed by atoms with Crippen molar-refractivity contribution in [1.29, 1.82) is 0 Å². The number of aromatic hydroxyl groups is 1. The molecule has 0 aliphatic rings. The lowest BCUT2D eigenvalue weighted by atomic mass is 9.79. The Balaban J connectivity index is 3.49. The van der Waals surface area contributed by atoms with E-state index in [4.69, 9.17) is 0 Å². The van der Waals surface area contributed by atoms with Gasteiger partial charge in [-0.1, -0.05) is 47.6 Å². The van der Waals surface area contributed by atoms with Crippen LogP contribution in [0, 0.1) is 0 Å². The number of rotatable bonds is 2. The number of hydrogen-bond donors (Lipinski definition) is 1. The Morgan fingerprint density at radius 1 is 1.10 bits per heavy atom. The predicted octanol–water partition coefficient (Wildman–Crippen LogP) is 4.17. The highest BCUT2D eigenvalue weighted by Gasteiger charge is 2.24. The minimum Gasteiger partial charge on any atom is -0.507 e. The van der Waals surface area contributed by atoms with E-state index in [2.05, 4.69) is 46.3 Å². The van der Waals surface area contributed by atoms with Crippen molar-refractivity contribution in [1.82, 2.24) is 0 Å². The van der Waals surface area contributed by atoms with E-state index < -0.39 is 5.97 Å². The number of benzene rings is 1. The fourth-order valence-corrected chi connectivity index (χ4v) is 2.01. The van der Waals surface area contributed by atoms with Gasteiger partial charge in [0.2, 0.25) is 0 Å². The van der Waals surface area contributed by atoms with E-state index in [1.165, 1.54) is 13.2 Å². The Morgan fingerprint density at radius 3 is 2.10 bits per heavy atom. The van der Waals surface area contributed by atoms with E-state index in [1.807, 2.05) is 12.1 Å². The van der Waals surface area contributed by atoms with Gasteiger partial charge in [-0.3, -0.25) is 0 Å². The molecule has 0 unspecified atom stereocenters. The lowest BCUT2D eigenvalue weighted by Crippen LogP contribution is -2.17. The number of esters is 1. The van der Waals surface area contributed by atoms with Crippen molar-refractivity contribution in [2.75, 3.05) is 7.11 Å².